The molecule has 2 heterocycles. The summed E-state index contributed by atoms with van der Waals surface area (Å²) in [4.78, 5) is 17.3. The largest absolute Gasteiger partial charge is 0.418 e. The number of hydrogen-bond donors (Lipinski definition) is 0. The van der Waals surface area contributed by atoms with Crippen molar-refractivity contribution in [2.75, 3.05) is 27.2 Å². The van der Waals surface area contributed by atoms with Crippen LogP contribution in [0.2, 0.25) is 0 Å². The molecule has 0 unspecified atom stereocenters. The highest BCUT2D eigenvalue weighted by molar-refractivity contribution is 9.10. The van der Waals surface area contributed by atoms with E-state index in [-0.39, 0.29) is 24.0 Å². The van der Waals surface area contributed by atoms with E-state index in [9.17, 15) is 18.0 Å². The zero-order chi connectivity index (χ0) is 27.0. The Morgan fingerprint density at radius 1 is 0.897 bits per heavy atom. The molecule has 204 valence electrons. The van der Waals surface area contributed by atoms with Crippen LogP contribution in [0.3, 0.4) is 0 Å². The summed E-state index contributed by atoms with van der Waals surface area (Å²) in [6, 6.07) is 24.1. The van der Waals surface area contributed by atoms with Crippen molar-refractivity contribution in [3.8, 4) is 28.2 Å². The third-order valence-electron chi connectivity index (χ3n) is 7.06. The molecule has 1 aromatic heterocycles. The molecule has 4 aromatic rings. The summed E-state index contributed by atoms with van der Waals surface area (Å²) in [5, 5.41) is 0. The Bertz CT molecular complexity index is 1470. The number of aromatic nitrogens is 1. The van der Waals surface area contributed by atoms with Crippen LogP contribution in [0.5, 0.6) is 0 Å². The van der Waals surface area contributed by atoms with Gasteiger partial charge in [-0.1, -0.05) is 52.3 Å². The smallest absolute Gasteiger partial charge is 0.337 e. The maximum atomic E-state index is 14.1. The van der Waals surface area contributed by atoms with Gasteiger partial charge in [0.1, 0.15) is 0 Å². The van der Waals surface area contributed by atoms with Crippen LogP contribution >= 0.6 is 28.3 Å². The van der Waals surface area contributed by atoms with Crippen molar-refractivity contribution in [2.24, 2.45) is 0 Å². The summed E-state index contributed by atoms with van der Waals surface area (Å²) >= 11 is 3.43. The van der Waals surface area contributed by atoms with E-state index in [2.05, 4.69) is 20.8 Å². The first-order valence-corrected chi connectivity index (χ1v) is 13.1. The van der Waals surface area contributed by atoms with Crippen molar-refractivity contribution >= 4 is 34.2 Å². The molecule has 1 atom stereocenters. The number of rotatable bonds is 5. The normalized spacial score (nSPS) is 15.5. The van der Waals surface area contributed by atoms with Crippen LogP contribution in [0, 0.1) is 0 Å². The maximum Gasteiger partial charge on any atom is 0.418 e. The highest BCUT2D eigenvalue weighted by Gasteiger charge is 2.35. The van der Waals surface area contributed by atoms with E-state index in [1.165, 1.54) is 12.1 Å². The van der Waals surface area contributed by atoms with E-state index in [0.29, 0.717) is 41.6 Å². The third-order valence-corrected chi connectivity index (χ3v) is 7.59. The predicted octanol–water partition coefficient (Wildman–Crippen LogP) is 7.79. The van der Waals surface area contributed by atoms with Crippen LogP contribution in [0.15, 0.2) is 89.4 Å². The van der Waals surface area contributed by atoms with Gasteiger partial charge >= 0.3 is 6.18 Å². The van der Waals surface area contributed by atoms with Gasteiger partial charge in [-0.25, -0.2) is 0 Å². The monoisotopic (exact) mass is 617 g/mol. The van der Waals surface area contributed by atoms with E-state index in [4.69, 9.17) is 0 Å². The van der Waals surface area contributed by atoms with E-state index in [1.54, 1.807) is 28.8 Å². The zero-order valence-corrected chi connectivity index (χ0v) is 23.9. The Labute approximate surface area is 240 Å². The van der Waals surface area contributed by atoms with Crippen LogP contribution in [0.1, 0.15) is 22.3 Å². The first-order chi connectivity index (χ1) is 18.1. The SMILES string of the molecule is CN(C)[C@H]1CCN(C(=O)c2cccc(-c3ccc(-c4ccc(Br)cc4)n3-c3ccccc3C(F)(F)F)c2)C1.Cl. The lowest BCUT2D eigenvalue weighted by atomic mass is 10.1. The number of amides is 1. The van der Waals surface area contributed by atoms with Gasteiger partial charge in [0, 0.05) is 29.2 Å². The fourth-order valence-corrected chi connectivity index (χ4v) is 5.28. The average Bonchev–Trinajstić information content (AvgIpc) is 3.57. The lowest BCUT2D eigenvalue weighted by Gasteiger charge is -2.21. The molecule has 4 nitrogen and oxygen atoms in total. The number of carbonyl (C=O) groups excluding carboxylic acids is 1. The molecule has 0 radical (unpaired) electrons. The number of halogens is 5. The minimum Gasteiger partial charge on any atom is -0.337 e. The van der Waals surface area contributed by atoms with Crippen molar-refractivity contribution in [3.63, 3.8) is 0 Å². The molecular formula is C30H28BrClF3N3O. The molecule has 0 spiro atoms. The number of likely N-dealkylation sites (N-methyl/N-ethyl adjacent to an activating group) is 1. The predicted molar refractivity (Wildman–Crippen MR) is 155 cm³/mol. The van der Waals surface area contributed by atoms with Crippen molar-refractivity contribution in [2.45, 2.75) is 18.6 Å². The van der Waals surface area contributed by atoms with E-state index < -0.39 is 11.7 Å². The summed E-state index contributed by atoms with van der Waals surface area (Å²) in [7, 11) is 4.02. The molecule has 0 aliphatic carbocycles. The standard InChI is InChI=1S/C30H27BrF3N3O.ClH/c1-35(2)24-16-17-36(19-24)29(38)22-7-5-6-21(18-22)27-15-14-26(20-10-12-23(31)13-11-20)37(27)28-9-4-3-8-25(28)30(32,33)34;/h3-15,18,24H,16-17,19H2,1-2H3;1H/t24-;/m0./s1. The first-order valence-electron chi connectivity index (χ1n) is 12.3. The number of likely N-dealkylation sites (tertiary alicyclic amines) is 1. The molecule has 1 saturated heterocycles. The quantitative estimate of drug-likeness (QED) is 0.228. The maximum absolute atomic E-state index is 14.1. The molecule has 0 saturated carbocycles. The summed E-state index contributed by atoms with van der Waals surface area (Å²) < 4.78 is 44.9. The van der Waals surface area contributed by atoms with Crippen LogP contribution in [-0.4, -0.2) is 53.5 Å². The van der Waals surface area contributed by atoms with Gasteiger partial charge in [-0.15, -0.1) is 12.4 Å². The van der Waals surface area contributed by atoms with Crippen molar-refractivity contribution < 1.29 is 18.0 Å². The highest BCUT2D eigenvalue weighted by Crippen LogP contribution is 2.39. The van der Waals surface area contributed by atoms with Gasteiger partial charge < -0.3 is 14.4 Å². The minimum absolute atomic E-state index is 0. The van der Waals surface area contributed by atoms with E-state index in [0.717, 1.165) is 22.5 Å². The third kappa shape index (κ3) is 5.93. The number of hydrogen-bond acceptors (Lipinski definition) is 2. The van der Waals surface area contributed by atoms with Gasteiger partial charge in [-0.3, -0.25) is 4.79 Å². The van der Waals surface area contributed by atoms with Crippen LogP contribution in [-0.2, 0) is 6.18 Å². The van der Waals surface area contributed by atoms with Crippen LogP contribution < -0.4 is 0 Å². The minimum atomic E-state index is -4.54. The molecule has 1 aliphatic rings. The van der Waals surface area contributed by atoms with E-state index >= 15 is 0 Å². The molecule has 0 bridgehead atoms. The van der Waals surface area contributed by atoms with Crippen LogP contribution in [0.25, 0.3) is 28.2 Å². The van der Waals surface area contributed by atoms with Crippen molar-refractivity contribution in [1.29, 1.82) is 0 Å². The fraction of sp³-hybridized carbons (Fsp3) is 0.233. The Morgan fingerprint density at radius 3 is 2.21 bits per heavy atom. The van der Waals surface area contributed by atoms with Crippen molar-refractivity contribution in [3.05, 3.63) is 101 Å². The fourth-order valence-electron chi connectivity index (χ4n) is 5.02. The summed E-state index contributed by atoms with van der Waals surface area (Å²) in [5.74, 6) is -0.0712. The first kappa shape index (κ1) is 28.9. The lowest BCUT2D eigenvalue weighted by Crippen LogP contribution is -2.34. The molecule has 9 heteroatoms. The second-order valence-electron chi connectivity index (χ2n) is 9.70. The van der Waals surface area contributed by atoms with Crippen LogP contribution in [0.4, 0.5) is 13.2 Å². The summed E-state index contributed by atoms with van der Waals surface area (Å²) in [6.07, 6.45) is -3.63. The summed E-state index contributed by atoms with van der Waals surface area (Å²) in [6.45, 7) is 1.33. The molecule has 1 fully saturated rings. The zero-order valence-electron chi connectivity index (χ0n) is 21.5. The summed E-state index contributed by atoms with van der Waals surface area (Å²) in [5.41, 5.74) is 2.45. The molecule has 1 amide bonds. The van der Waals surface area contributed by atoms with Gasteiger partial charge in [0.15, 0.2) is 0 Å². The lowest BCUT2D eigenvalue weighted by molar-refractivity contribution is -0.137. The molecular weight excluding hydrogens is 591 g/mol. The number of nitrogens with zero attached hydrogens (tertiary/aromatic N) is 3. The topological polar surface area (TPSA) is 28.5 Å². The molecule has 39 heavy (non-hydrogen) atoms. The second kappa shape index (κ2) is 11.6. The molecule has 0 N–H and O–H groups in total. The number of carbonyl (C=O) groups is 1. The molecule has 3 aromatic carbocycles. The average molecular weight is 619 g/mol. The van der Waals surface area contributed by atoms with Gasteiger partial charge in [0.2, 0.25) is 0 Å². The second-order valence-corrected chi connectivity index (χ2v) is 10.6. The highest BCUT2D eigenvalue weighted by atomic mass is 79.9. The number of alkyl halides is 3. The Balaban J connectivity index is 0.00000353. The molecule has 1 aliphatic heterocycles. The van der Waals surface area contributed by atoms with Gasteiger partial charge in [-0.2, -0.15) is 13.2 Å². The van der Waals surface area contributed by atoms with E-state index in [1.807, 2.05) is 61.5 Å². The van der Waals surface area contributed by atoms with Gasteiger partial charge in [-0.05, 0) is 80.2 Å². The Morgan fingerprint density at radius 2 is 1.56 bits per heavy atom. The number of para-hydroxylation sites is 1. The van der Waals surface area contributed by atoms with Gasteiger partial charge in [0.25, 0.3) is 5.91 Å². The Kier molecular flexibility index (Phi) is 8.59. The van der Waals surface area contributed by atoms with Gasteiger partial charge in [0.05, 0.1) is 22.6 Å². The Hall–Kier alpha value is -3.07. The number of benzene rings is 3. The van der Waals surface area contributed by atoms with Crippen molar-refractivity contribution in [1.82, 2.24) is 14.4 Å². The molecule has 5 rings (SSSR count).